The van der Waals surface area contributed by atoms with Gasteiger partial charge in [-0.15, -0.1) is 24.2 Å². The van der Waals surface area contributed by atoms with Crippen LogP contribution < -0.4 is 10.6 Å². The van der Waals surface area contributed by atoms with Crippen LogP contribution in [0.3, 0.4) is 0 Å². The van der Waals surface area contributed by atoms with Crippen LogP contribution in [0.25, 0.3) is 0 Å². The van der Waals surface area contributed by atoms with Gasteiger partial charge in [0.05, 0.1) is 5.75 Å². The molecule has 22 heavy (non-hydrogen) atoms. The van der Waals surface area contributed by atoms with E-state index >= 15 is 0 Å². The molecule has 1 aliphatic heterocycles. The average Bonchev–Trinajstić information content (AvgIpc) is 2.45. The Hall–Kier alpha value is -0.230. The number of hydrogen-bond acceptors (Lipinski definition) is 3. The molecule has 0 aromatic heterocycles. The molecule has 0 radical (unpaired) electrons. The van der Waals surface area contributed by atoms with Gasteiger partial charge in [-0.05, 0) is 62.0 Å². The van der Waals surface area contributed by atoms with E-state index in [0.717, 1.165) is 36.9 Å². The number of aryl methyl sites for hydroxylation is 1. The molecular weight excluding hydrogens is 384 g/mol. The average molecular weight is 408 g/mol. The van der Waals surface area contributed by atoms with Crippen molar-refractivity contribution in [3.05, 3.63) is 28.2 Å². The van der Waals surface area contributed by atoms with E-state index in [2.05, 4.69) is 52.5 Å². The van der Waals surface area contributed by atoms with E-state index < -0.39 is 0 Å². The van der Waals surface area contributed by atoms with Crippen molar-refractivity contribution in [1.29, 1.82) is 0 Å². The van der Waals surface area contributed by atoms with Gasteiger partial charge in [-0.1, -0.05) is 22.9 Å². The summed E-state index contributed by atoms with van der Waals surface area (Å²) in [5.41, 5.74) is 1.45. The predicted molar refractivity (Wildman–Crippen MR) is 100 cm³/mol. The van der Waals surface area contributed by atoms with Gasteiger partial charge in [0, 0.05) is 15.9 Å². The zero-order chi connectivity index (χ0) is 15.3. The summed E-state index contributed by atoms with van der Waals surface area (Å²) in [7, 11) is 0. The van der Waals surface area contributed by atoms with Crippen LogP contribution in [-0.4, -0.2) is 31.3 Å². The SMILES string of the molecule is Cc1cc(Br)ccc1SCC(=O)NCC1(C)CCNCC1.Cl. The molecule has 0 saturated carbocycles. The number of thioether (sulfide) groups is 1. The maximum atomic E-state index is 12.0. The lowest BCUT2D eigenvalue weighted by molar-refractivity contribution is -0.119. The van der Waals surface area contributed by atoms with Crippen molar-refractivity contribution in [3.63, 3.8) is 0 Å². The molecule has 1 aliphatic rings. The molecule has 2 N–H and O–H groups in total. The van der Waals surface area contributed by atoms with Crippen molar-refractivity contribution in [3.8, 4) is 0 Å². The first-order valence-corrected chi connectivity index (χ1v) is 9.13. The van der Waals surface area contributed by atoms with Gasteiger partial charge in [-0.2, -0.15) is 0 Å². The second-order valence-corrected chi connectivity index (χ2v) is 7.97. The topological polar surface area (TPSA) is 41.1 Å². The lowest BCUT2D eigenvalue weighted by Crippen LogP contribution is -2.43. The summed E-state index contributed by atoms with van der Waals surface area (Å²) in [6.07, 6.45) is 2.26. The Balaban J connectivity index is 0.00000242. The Morgan fingerprint density at radius 3 is 2.73 bits per heavy atom. The predicted octanol–water partition coefficient (Wildman–Crippen LogP) is 3.78. The Bertz CT molecular complexity index is 507. The van der Waals surface area contributed by atoms with Gasteiger partial charge < -0.3 is 10.6 Å². The summed E-state index contributed by atoms with van der Waals surface area (Å²) in [5.74, 6) is 0.610. The quantitative estimate of drug-likeness (QED) is 0.730. The van der Waals surface area contributed by atoms with Crippen molar-refractivity contribution in [2.45, 2.75) is 31.6 Å². The number of hydrogen-bond donors (Lipinski definition) is 2. The fourth-order valence-electron chi connectivity index (χ4n) is 2.49. The number of piperidine rings is 1. The van der Waals surface area contributed by atoms with Crippen molar-refractivity contribution < 1.29 is 4.79 Å². The minimum atomic E-state index is 0. The van der Waals surface area contributed by atoms with Gasteiger partial charge in [-0.25, -0.2) is 0 Å². The summed E-state index contributed by atoms with van der Waals surface area (Å²) in [5, 5.41) is 6.46. The number of carbonyl (C=O) groups excluding carboxylic acids is 1. The maximum Gasteiger partial charge on any atom is 0.230 e. The molecule has 1 amide bonds. The van der Waals surface area contributed by atoms with Crippen LogP contribution in [0, 0.1) is 12.3 Å². The van der Waals surface area contributed by atoms with Crippen molar-refractivity contribution in [2.75, 3.05) is 25.4 Å². The lowest BCUT2D eigenvalue weighted by Gasteiger charge is -2.34. The molecule has 124 valence electrons. The molecule has 1 aromatic rings. The van der Waals surface area contributed by atoms with E-state index in [-0.39, 0.29) is 23.7 Å². The van der Waals surface area contributed by atoms with Gasteiger partial charge >= 0.3 is 0 Å². The Morgan fingerprint density at radius 1 is 1.41 bits per heavy atom. The van der Waals surface area contributed by atoms with E-state index in [1.54, 1.807) is 11.8 Å². The smallest absolute Gasteiger partial charge is 0.230 e. The van der Waals surface area contributed by atoms with Gasteiger partial charge in [0.2, 0.25) is 5.91 Å². The summed E-state index contributed by atoms with van der Waals surface area (Å²) >= 11 is 5.06. The number of rotatable bonds is 5. The molecule has 3 nitrogen and oxygen atoms in total. The van der Waals surface area contributed by atoms with Crippen LogP contribution >= 0.6 is 40.1 Å². The van der Waals surface area contributed by atoms with Crippen LogP contribution in [0.2, 0.25) is 0 Å². The van der Waals surface area contributed by atoms with Gasteiger partial charge in [0.25, 0.3) is 0 Å². The molecule has 1 heterocycles. The fourth-order valence-corrected chi connectivity index (χ4v) is 3.80. The Kier molecular flexibility index (Phi) is 8.25. The van der Waals surface area contributed by atoms with E-state index in [1.165, 1.54) is 10.5 Å². The zero-order valence-corrected chi connectivity index (χ0v) is 16.3. The molecule has 2 rings (SSSR count). The highest BCUT2D eigenvalue weighted by atomic mass is 79.9. The van der Waals surface area contributed by atoms with Crippen molar-refractivity contribution in [2.24, 2.45) is 5.41 Å². The van der Waals surface area contributed by atoms with Gasteiger partial charge in [0.15, 0.2) is 0 Å². The minimum absolute atomic E-state index is 0. The molecule has 1 fully saturated rings. The van der Waals surface area contributed by atoms with Crippen molar-refractivity contribution in [1.82, 2.24) is 10.6 Å². The van der Waals surface area contributed by atoms with Gasteiger partial charge in [-0.3, -0.25) is 4.79 Å². The van der Waals surface area contributed by atoms with Crippen LogP contribution in [-0.2, 0) is 4.79 Å². The summed E-state index contributed by atoms with van der Waals surface area (Å²) in [6, 6.07) is 6.16. The number of amides is 1. The lowest BCUT2D eigenvalue weighted by atomic mass is 9.81. The monoisotopic (exact) mass is 406 g/mol. The highest BCUT2D eigenvalue weighted by molar-refractivity contribution is 9.10. The summed E-state index contributed by atoms with van der Waals surface area (Å²) < 4.78 is 1.08. The molecule has 6 heteroatoms. The molecule has 0 spiro atoms. The third kappa shape index (κ3) is 6.11. The van der Waals surface area contributed by atoms with Crippen LogP contribution in [0.15, 0.2) is 27.6 Å². The normalized spacial score (nSPS) is 16.7. The number of benzene rings is 1. The maximum absolute atomic E-state index is 12.0. The minimum Gasteiger partial charge on any atom is -0.355 e. The Morgan fingerprint density at radius 2 is 2.09 bits per heavy atom. The number of carbonyl (C=O) groups is 1. The fraction of sp³-hybridized carbons (Fsp3) is 0.562. The summed E-state index contributed by atoms with van der Waals surface area (Å²) in [6.45, 7) is 7.23. The van der Waals surface area contributed by atoms with E-state index in [1.807, 2.05) is 6.07 Å². The molecule has 0 bridgehead atoms. The third-order valence-electron chi connectivity index (χ3n) is 4.02. The number of halogens is 2. The standard InChI is InChI=1S/C16H23BrN2OS.ClH/c1-12-9-13(17)3-4-14(12)21-10-15(20)19-11-16(2)5-7-18-8-6-16;/h3-4,9,18H,5-8,10-11H2,1-2H3,(H,19,20);1H. The highest BCUT2D eigenvalue weighted by Gasteiger charge is 2.26. The molecule has 0 atom stereocenters. The second kappa shape index (κ2) is 9.16. The van der Waals surface area contributed by atoms with E-state index in [4.69, 9.17) is 0 Å². The molecular formula is C16H24BrClN2OS. The zero-order valence-electron chi connectivity index (χ0n) is 13.1. The first kappa shape index (κ1) is 19.8. The largest absolute Gasteiger partial charge is 0.355 e. The Labute approximate surface area is 151 Å². The highest BCUT2D eigenvalue weighted by Crippen LogP contribution is 2.27. The molecule has 0 unspecified atom stereocenters. The van der Waals surface area contributed by atoms with Crippen LogP contribution in [0.5, 0.6) is 0 Å². The first-order chi connectivity index (χ1) is 9.98. The number of nitrogens with one attached hydrogen (secondary N) is 2. The van der Waals surface area contributed by atoms with Crippen LogP contribution in [0.4, 0.5) is 0 Å². The van der Waals surface area contributed by atoms with E-state index in [9.17, 15) is 4.79 Å². The van der Waals surface area contributed by atoms with Gasteiger partial charge in [0.1, 0.15) is 0 Å². The second-order valence-electron chi connectivity index (χ2n) is 6.04. The third-order valence-corrected chi connectivity index (χ3v) is 5.69. The summed E-state index contributed by atoms with van der Waals surface area (Å²) in [4.78, 5) is 13.2. The van der Waals surface area contributed by atoms with Crippen LogP contribution in [0.1, 0.15) is 25.3 Å². The molecule has 0 aliphatic carbocycles. The van der Waals surface area contributed by atoms with Crippen molar-refractivity contribution >= 4 is 46.0 Å². The molecule has 1 saturated heterocycles. The first-order valence-electron chi connectivity index (χ1n) is 7.35. The molecule has 1 aromatic carbocycles. The van der Waals surface area contributed by atoms with E-state index in [0.29, 0.717) is 5.75 Å².